The summed E-state index contributed by atoms with van der Waals surface area (Å²) in [5.41, 5.74) is 2.31. The molecule has 0 N–H and O–H groups in total. The smallest absolute Gasteiger partial charge is 0.282 e. The Hall–Kier alpha value is -2.60. The maximum atomic E-state index is 13.4. The van der Waals surface area contributed by atoms with Gasteiger partial charge >= 0.3 is 0 Å². The Bertz CT molecular complexity index is 1210. The number of benzene rings is 3. The Morgan fingerprint density at radius 2 is 1.83 bits per heavy atom. The van der Waals surface area contributed by atoms with E-state index in [1.807, 2.05) is 48.5 Å². The molecule has 0 fully saturated rings. The fourth-order valence-corrected chi connectivity index (χ4v) is 4.00. The van der Waals surface area contributed by atoms with Gasteiger partial charge in [0.1, 0.15) is 11.4 Å². The molecule has 3 aromatic carbocycles. The molecule has 4 rings (SSSR count). The summed E-state index contributed by atoms with van der Waals surface area (Å²) in [6.07, 6.45) is 1.66. The van der Waals surface area contributed by atoms with Gasteiger partial charge in [-0.1, -0.05) is 63.4 Å². The predicted octanol–water partition coefficient (Wildman–Crippen LogP) is 6.60. The number of anilines is 1. The van der Waals surface area contributed by atoms with Gasteiger partial charge in [-0.3, -0.25) is 9.69 Å². The maximum Gasteiger partial charge on any atom is 0.282 e. The fraction of sp³-hybridized carbons (Fsp3) is 0.0435. The summed E-state index contributed by atoms with van der Waals surface area (Å²) in [6, 6.07) is 20.0. The lowest BCUT2D eigenvalue weighted by Gasteiger charge is -2.20. The number of amides is 1. The first-order valence-electron chi connectivity index (χ1n) is 8.97. The van der Waals surface area contributed by atoms with Gasteiger partial charge in [0.15, 0.2) is 5.84 Å². The van der Waals surface area contributed by atoms with Gasteiger partial charge in [-0.25, -0.2) is 4.99 Å². The molecule has 4 nitrogen and oxygen atoms in total. The molecule has 0 unspecified atom stereocenters. The van der Waals surface area contributed by atoms with Crippen LogP contribution >= 0.6 is 39.1 Å². The summed E-state index contributed by atoms with van der Waals surface area (Å²) < 4.78 is 6.36. The van der Waals surface area contributed by atoms with Crippen molar-refractivity contribution in [3.05, 3.63) is 98.1 Å². The van der Waals surface area contributed by atoms with Crippen molar-refractivity contribution in [2.24, 2.45) is 4.99 Å². The highest BCUT2D eigenvalue weighted by molar-refractivity contribution is 9.10. The number of carbonyl (C=O) groups excluding carboxylic acids is 1. The summed E-state index contributed by atoms with van der Waals surface area (Å²) in [5.74, 6) is 0.835. The van der Waals surface area contributed by atoms with Gasteiger partial charge in [-0.2, -0.15) is 0 Å². The van der Waals surface area contributed by atoms with E-state index < -0.39 is 0 Å². The third-order valence-corrected chi connectivity index (χ3v) is 5.59. The van der Waals surface area contributed by atoms with Crippen molar-refractivity contribution >= 4 is 62.6 Å². The molecule has 3 aromatic rings. The van der Waals surface area contributed by atoms with Gasteiger partial charge in [0.05, 0.1) is 18.4 Å². The minimum absolute atomic E-state index is 0.264. The van der Waals surface area contributed by atoms with Crippen molar-refractivity contribution in [3.8, 4) is 5.75 Å². The van der Waals surface area contributed by atoms with Gasteiger partial charge in [-0.05, 0) is 54.1 Å². The topological polar surface area (TPSA) is 41.9 Å². The Kier molecular flexibility index (Phi) is 5.95. The maximum absolute atomic E-state index is 13.4. The lowest BCUT2D eigenvalue weighted by atomic mass is 10.1. The molecule has 30 heavy (non-hydrogen) atoms. The van der Waals surface area contributed by atoms with Crippen molar-refractivity contribution in [3.63, 3.8) is 0 Å². The zero-order valence-electron chi connectivity index (χ0n) is 15.8. The SMILES string of the molecule is COc1ccccc1C1=N/C(=C/c2ccc(Cl)cc2Cl)C(=O)N1c1cccc(Br)c1. The first-order valence-corrected chi connectivity index (χ1v) is 10.5. The molecular weight excluding hydrogens is 487 g/mol. The minimum atomic E-state index is -0.264. The lowest BCUT2D eigenvalue weighted by molar-refractivity contribution is -0.113. The molecule has 1 heterocycles. The molecule has 0 aromatic heterocycles. The van der Waals surface area contributed by atoms with E-state index in [2.05, 4.69) is 20.9 Å². The second-order valence-corrected chi connectivity index (χ2v) is 8.21. The van der Waals surface area contributed by atoms with E-state index in [9.17, 15) is 4.79 Å². The van der Waals surface area contributed by atoms with Gasteiger partial charge in [0, 0.05) is 14.5 Å². The average molecular weight is 502 g/mol. The molecule has 1 amide bonds. The Morgan fingerprint density at radius 3 is 2.57 bits per heavy atom. The van der Waals surface area contributed by atoms with Crippen LogP contribution in [0.5, 0.6) is 5.75 Å². The van der Waals surface area contributed by atoms with E-state index in [0.717, 1.165) is 4.47 Å². The first kappa shape index (κ1) is 20.7. The molecule has 0 aliphatic carbocycles. The number of carbonyl (C=O) groups is 1. The van der Waals surface area contributed by atoms with Crippen LogP contribution in [-0.4, -0.2) is 18.9 Å². The number of rotatable bonds is 4. The number of ether oxygens (including phenoxy) is 1. The molecule has 150 valence electrons. The van der Waals surface area contributed by atoms with E-state index in [1.54, 1.807) is 36.3 Å². The number of hydrogen-bond donors (Lipinski definition) is 0. The van der Waals surface area contributed by atoms with Crippen molar-refractivity contribution in [1.82, 2.24) is 0 Å². The van der Waals surface area contributed by atoms with Crippen LogP contribution in [0.4, 0.5) is 5.69 Å². The summed E-state index contributed by atoms with van der Waals surface area (Å²) in [5, 5.41) is 0.964. The monoisotopic (exact) mass is 500 g/mol. The number of amidine groups is 1. The molecule has 7 heteroatoms. The van der Waals surface area contributed by atoms with E-state index in [4.69, 9.17) is 27.9 Å². The molecule has 0 atom stereocenters. The second-order valence-electron chi connectivity index (χ2n) is 6.45. The zero-order valence-corrected chi connectivity index (χ0v) is 18.9. The number of halogens is 3. The molecule has 0 radical (unpaired) electrons. The highest BCUT2D eigenvalue weighted by Gasteiger charge is 2.34. The number of nitrogens with zero attached hydrogens (tertiary/aromatic N) is 2. The van der Waals surface area contributed by atoms with Gasteiger partial charge in [-0.15, -0.1) is 0 Å². The van der Waals surface area contributed by atoms with Crippen LogP contribution in [0, 0.1) is 0 Å². The Balaban J connectivity index is 1.88. The van der Waals surface area contributed by atoms with Crippen LogP contribution in [0.2, 0.25) is 10.0 Å². The largest absolute Gasteiger partial charge is 0.496 e. The van der Waals surface area contributed by atoms with Crippen molar-refractivity contribution < 1.29 is 9.53 Å². The van der Waals surface area contributed by atoms with Crippen LogP contribution in [0.1, 0.15) is 11.1 Å². The molecule has 0 saturated carbocycles. The average Bonchev–Trinajstić information content (AvgIpc) is 3.06. The molecule has 0 saturated heterocycles. The van der Waals surface area contributed by atoms with Gasteiger partial charge in [0.25, 0.3) is 5.91 Å². The highest BCUT2D eigenvalue weighted by atomic mass is 79.9. The second kappa shape index (κ2) is 8.64. The minimum Gasteiger partial charge on any atom is -0.496 e. The normalized spacial score (nSPS) is 14.9. The van der Waals surface area contributed by atoms with Crippen molar-refractivity contribution in [2.45, 2.75) is 0 Å². The predicted molar refractivity (Wildman–Crippen MR) is 126 cm³/mol. The van der Waals surface area contributed by atoms with E-state index in [-0.39, 0.29) is 11.6 Å². The summed E-state index contributed by atoms with van der Waals surface area (Å²) >= 11 is 15.8. The number of methoxy groups -OCH3 is 1. The number of para-hydroxylation sites is 1. The van der Waals surface area contributed by atoms with Crippen LogP contribution < -0.4 is 9.64 Å². The number of aliphatic imine (C=N–C) groups is 1. The summed E-state index contributed by atoms with van der Waals surface area (Å²) in [7, 11) is 1.59. The van der Waals surface area contributed by atoms with Crippen molar-refractivity contribution in [2.75, 3.05) is 12.0 Å². The summed E-state index contributed by atoms with van der Waals surface area (Å²) in [6.45, 7) is 0. The third kappa shape index (κ3) is 4.01. The number of hydrogen-bond acceptors (Lipinski definition) is 3. The molecule has 1 aliphatic rings. The Labute approximate surface area is 192 Å². The fourth-order valence-electron chi connectivity index (χ4n) is 3.15. The lowest BCUT2D eigenvalue weighted by Crippen LogP contribution is -2.32. The van der Waals surface area contributed by atoms with Crippen LogP contribution in [0.15, 0.2) is 81.9 Å². The highest BCUT2D eigenvalue weighted by Crippen LogP contribution is 2.33. The van der Waals surface area contributed by atoms with Crippen molar-refractivity contribution in [1.29, 1.82) is 0 Å². The summed E-state index contributed by atoms with van der Waals surface area (Å²) in [4.78, 5) is 19.6. The van der Waals surface area contributed by atoms with Gasteiger partial charge < -0.3 is 4.74 Å². The molecule has 0 spiro atoms. The van der Waals surface area contributed by atoms with E-state index in [0.29, 0.717) is 38.4 Å². The van der Waals surface area contributed by atoms with Gasteiger partial charge in [0.2, 0.25) is 0 Å². The third-order valence-electron chi connectivity index (χ3n) is 4.53. The first-order chi connectivity index (χ1) is 14.5. The van der Waals surface area contributed by atoms with E-state index >= 15 is 0 Å². The van der Waals surface area contributed by atoms with Crippen LogP contribution in [0.25, 0.3) is 6.08 Å². The molecule has 1 aliphatic heterocycles. The zero-order chi connectivity index (χ0) is 21.3. The Morgan fingerprint density at radius 1 is 1.03 bits per heavy atom. The quantitative estimate of drug-likeness (QED) is 0.378. The molecular formula is C23H15BrCl2N2O2. The standard InChI is InChI=1S/C23H15BrCl2N2O2/c1-30-21-8-3-2-7-18(21)22-27-20(11-14-9-10-16(25)13-19(14)26)23(29)28(22)17-6-4-5-15(24)12-17/h2-13H,1H3/b20-11+. The van der Waals surface area contributed by atoms with Crippen LogP contribution in [0.3, 0.4) is 0 Å². The van der Waals surface area contributed by atoms with E-state index in [1.165, 1.54) is 0 Å². The van der Waals surface area contributed by atoms with Crippen LogP contribution in [-0.2, 0) is 4.79 Å². The molecule has 0 bridgehead atoms.